The van der Waals surface area contributed by atoms with Gasteiger partial charge in [-0.05, 0) is 30.4 Å². The molecule has 0 aliphatic heterocycles. The van der Waals surface area contributed by atoms with Crippen molar-refractivity contribution in [1.29, 1.82) is 0 Å². The number of pyridine rings is 1. The Bertz CT molecular complexity index is 702. The second kappa shape index (κ2) is 6.69. The zero-order chi connectivity index (χ0) is 16.5. The fourth-order valence-corrected chi connectivity index (χ4v) is 3.49. The first-order chi connectivity index (χ1) is 10.3. The highest BCUT2D eigenvalue weighted by Gasteiger charge is 2.31. The fraction of sp³-hybridized carbons (Fsp3) is 0.267. The lowest BCUT2D eigenvalue weighted by atomic mass is 10.0. The minimum Gasteiger partial charge on any atom is -0.254 e. The third kappa shape index (κ3) is 3.53. The number of hydrogen-bond acceptors (Lipinski definition) is 2. The molecule has 0 atom stereocenters. The van der Waals surface area contributed by atoms with Gasteiger partial charge in [0.15, 0.2) is 0 Å². The van der Waals surface area contributed by atoms with Gasteiger partial charge in [0, 0.05) is 16.7 Å². The maximum atomic E-state index is 12.7. The number of hydrogen-bond donors (Lipinski definition) is 0. The molecule has 0 spiro atoms. The van der Waals surface area contributed by atoms with Crippen LogP contribution in [-0.4, -0.2) is 10.7 Å². The van der Waals surface area contributed by atoms with E-state index in [0.717, 1.165) is 28.5 Å². The lowest BCUT2D eigenvalue weighted by molar-refractivity contribution is -0.137. The Morgan fingerprint density at radius 3 is 2.41 bits per heavy atom. The molecular weight excluding hydrogens is 354 g/mol. The molecule has 1 aromatic heterocycles. The molecule has 0 N–H and O–H groups in total. The van der Waals surface area contributed by atoms with Gasteiger partial charge in [0.2, 0.25) is 0 Å². The second-order valence-electron chi connectivity index (χ2n) is 4.53. The summed E-state index contributed by atoms with van der Waals surface area (Å²) in [6, 6.07) is 4.32. The van der Waals surface area contributed by atoms with Crippen LogP contribution in [-0.2, 0) is 6.18 Å². The molecule has 118 valence electrons. The Balaban J connectivity index is 2.56. The number of aromatic nitrogens is 1. The Hall–Kier alpha value is -0.910. The van der Waals surface area contributed by atoms with Crippen LogP contribution < -0.4 is 0 Å². The standard InChI is InChI=1S/C15H12Cl2F3NS/c1-3-22-14-8(2)10(4-5-11(14)16)13-12(17)6-9(7-21-13)15(18,19)20/h4-7H,3H2,1-2H3. The van der Waals surface area contributed by atoms with E-state index in [-0.39, 0.29) is 5.02 Å². The molecule has 0 saturated carbocycles. The molecule has 0 bridgehead atoms. The van der Waals surface area contributed by atoms with Crippen LogP contribution in [0.4, 0.5) is 13.2 Å². The molecular formula is C15H12Cl2F3NS. The van der Waals surface area contributed by atoms with Gasteiger partial charge in [0.25, 0.3) is 0 Å². The number of rotatable bonds is 3. The highest BCUT2D eigenvalue weighted by atomic mass is 35.5. The van der Waals surface area contributed by atoms with Gasteiger partial charge in [-0.25, -0.2) is 0 Å². The van der Waals surface area contributed by atoms with Crippen molar-refractivity contribution in [3.63, 3.8) is 0 Å². The van der Waals surface area contributed by atoms with Crippen molar-refractivity contribution in [2.45, 2.75) is 24.9 Å². The number of nitrogens with zero attached hydrogens (tertiary/aromatic N) is 1. The third-order valence-electron chi connectivity index (χ3n) is 3.07. The van der Waals surface area contributed by atoms with Gasteiger partial charge in [-0.2, -0.15) is 13.2 Å². The summed E-state index contributed by atoms with van der Waals surface area (Å²) in [4.78, 5) is 4.79. The van der Waals surface area contributed by atoms with Gasteiger partial charge >= 0.3 is 6.18 Å². The Morgan fingerprint density at radius 2 is 1.86 bits per heavy atom. The summed E-state index contributed by atoms with van der Waals surface area (Å²) in [5, 5.41) is 0.573. The van der Waals surface area contributed by atoms with Crippen molar-refractivity contribution in [3.05, 3.63) is 45.6 Å². The van der Waals surface area contributed by atoms with Crippen molar-refractivity contribution in [3.8, 4) is 11.3 Å². The number of thioether (sulfide) groups is 1. The molecule has 2 rings (SSSR count). The van der Waals surface area contributed by atoms with Crippen LogP contribution >= 0.6 is 35.0 Å². The molecule has 1 aromatic carbocycles. The van der Waals surface area contributed by atoms with Gasteiger partial charge in [-0.15, -0.1) is 11.8 Å². The summed E-state index contributed by atoms with van der Waals surface area (Å²) < 4.78 is 38.0. The summed E-state index contributed by atoms with van der Waals surface area (Å²) >= 11 is 13.7. The molecule has 2 aromatic rings. The van der Waals surface area contributed by atoms with Crippen LogP contribution in [0.15, 0.2) is 29.3 Å². The SMILES string of the molecule is CCSc1c(Cl)ccc(-c2ncc(C(F)(F)F)cc2Cl)c1C. The molecule has 1 nitrogen and oxygen atoms in total. The Morgan fingerprint density at radius 1 is 1.18 bits per heavy atom. The lowest BCUT2D eigenvalue weighted by Crippen LogP contribution is -2.06. The summed E-state index contributed by atoms with van der Waals surface area (Å²) in [6.07, 6.45) is -3.67. The topological polar surface area (TPSA) is 12.9 Å². The van der Waals surface area contributed by atoms with Crippen molar-refractivity contribution in [2.24, 2.45) is 0 Å². The van der Waals surface area contributed by atoms with E-state index < -0.39 is 11.7 Å². The highest BCUT2D eigenvalue weighted by Crippen LogP contribution is 2.39. The lowest BCUT2D eigenvalue weighted by Gasteiger charge is -2.14. The average Bonchev–Trinajstić information content (AvgIpc) is 2.43. The predicted molar refractivity (Wildman–Crippen MR) is 85.8 cm³/mol. The van der Waals surface area contributed by atoms with Crippen LogP contribution in [0, 0.1) is 6.92 Å². The first kappa shape index (κ1) is 17.4. The second-order valence-corrected chi connectivity index (χ2v) is 6.62. The molecule has 0 amide bonds. The number of alkyl halides is 3. The largest absolute Gasteiger partial charge is 0.417 e. The van der Waals surface area contributed by atoms with E-state index in [0.29, 0.717) is 16.3 Å². The number of halogens is 5. The van der Waals surface area contributed by atoms with Gasteiger partial charge < -0.3 is 0 Å². The first-order valence-corrected chi connectivity index (χ1v) is 8.14. The van der Waals surface area contributed by atoms with E-state index in [9.17, 15) is 13.2 Å². The van der Waals surface area contributed by atoms with Crippen molar-refractivity contribution < 1.29 is 13.2 Å². The van der Waals surface area contributed by atoms with Gasteiger partial charge in [0.05, 0.1) is 21.3 Å². The molecule has 0 fully saturated rings. The van der Waals surface area contributed by atoms with Crippen molar-refractivity contribution in [2.75, 3.05) is 5.75 Å². The molecule has 0 aliphatic carbocycles. The molecule has 0 unspecified atom stereocenters. The predicted octanol–water partition coefficient (Wildman–Crippen LogP) is 6.49. The van der Waals surface area contributed by atoms with Gasteiger partial charge in [-0.3, -0.25) is 4.98 Å². The normalized spacial score (nSPS) is 11.8. The van der Waals surface area contributed by atoms with Gasteiger partial charge in [-0.1, -0.05) is 36.2 Å². The average molecular weight is 366 g/mol. The summed E-state index contributed by atoms with van der Waals surface area (Å²) in [5.74, 6) is 0.832. The highest BCUT2D eigenvalue weighted by molar-refractivity contribution is 7.99. The molecule has 1 heterocycles. The van der Waals surface area contributed by atoms with Crippen LogP contribution in [0.5, 0.6) is 0 Å². The minimum atomic E-state index is -4.46. The molecule has 0 aliphatic rings. The van der Waals surface area contributed by atoms with Crippen molar-refractivity contribution in [1.82, 2.24) is 4.98 Å². The summed E-state index contributed by atoms with van der Waals surface area (Å²) in [7, 11) is 0. The van der Waals surface area contributed by atoms with E-state index in [1.54, 1.807) is 23.9 Å². The van der Waals surface area contributed by atoms with E-state index in [2.05, 4.69) is 4.98 Å². The zero-order valence-electron chi connectivity index (χ0n) is 11.8. The summed E-state index contributed by atoms with van der Waals surface area (Å²) in [5.41, 5.74) is 0.991. The van der Waals surface area contributed by atoms with E-state index >= 15 is 0 Å². The van der Waals surface area contributed by atoms with Crippen LogP contribution in [0.25, 0.3) is 11.3 Å². The monoisotopic (exact) mass is 365 g/mol. The van der Waals surface area contributed by atoms with E-state index in [1.165, 1.54) is 0 Å². The number of benzene rings is 1. The van der Waals surface area contributed by atoms with E-state index in [4.69, 9.17) is 23.2 Å². The van der Waals surface area contributed by atoms with Crippen LogP contribution in [0.3, 0.4) is 0 Å². The van der Waals surface area contributed by atoms with Gasteiger partial charge in [0.1, 0.15) is 0 Å². The van der Waals surface area contributed by atoms with Crippen molar-refractivity contribution >= 4 is 35.0 Å². The minimum absolute atomic E-state index is 0.0345. The quantitative estimate of drug-likeness (QED) is 0.576. The first-order valence-electron chi connectivity index (χ1n) is 6.40. The summed E-state index contributed by atoms with van der Waals surface area (Å²) in [6.45, 7) is 3.85. The fourth-order valence-electron chi connectivity index (χ4n) is 2.03. The Kier molecular flexibility index (Phi) is 5.30. The zero-order valence-corrected chi connectivity index (χ0v) is 14.1. The Labute approximate surface area is 140 Å². The smallest absolute Gasteiger partial charge is 0.254 e. The van der Waals surface area contributed by atoms with E-state index in [1.807, 2.05) is 13.8 Å². The third-order valence-corrected chi connectivity index (χ3v) is 4.89. The molecule has 0 saturated heterocycles. The molecule has 22 heavy (non-hydrogen) atoms. The van der Waals surface area contributed by atoms with Crippen LogP contribution in [0.2, 0.25) is 10.0 Å². The molecule has 7 heteroatoms. The maximum absolute atomic E-state index is 12.7. The van der Waals surface area contributed by atoms with Crippen LogP contribution in [0.1, 0.15) is 18.1 Å². The maximum Gasteiger partial charge on any atom is 0.417 e. The molecule has 0 radical (unpaired) electrons.